The lowest BCUT2D eigenvalue weighted by Crippen LogP contribution is -2.51. The summed E-state index contributed by atoms with van der Waals surface area (Å²) in [5.41, 5.74) is 4.81. The number of ether oxygens (including phenoxy) is 1. The number of hydrogen-bond acceptors (Lipinski definition) is 6. The van der Waals surface area contributed by atoms with E-state index in [9.17, 15) is 13.6 Å². The van der Waals surface area contributed by atoms with Crippen LogP contribution in [0.5, 0.6) is 5.88 Å². The Bertz CT molecular complexity index is 1030. The highest BCUT2D eigenvalue weighted by Crippen LogP contribution is 2.40. The molecule has 2 aromatic rings. The second-order valence-corrected chi connectivity index (χ2v) is 8.61. The van der Waals surface area contributed by atoms with Gasteiger partial charge in [-0.3, -0.25) is 4.90 Å². The molecule has 0 unspecified atom stereocenters. The molecule has 2 amide bonds. The van der Waals surface area contributed by atoms with E-state index >= 15 is 0 Å². The van der Waals surface area contributed by atoms with Crippen LogP contribution in [0, 0.1) is 12.8 Å². The van der Waals surface area contributed by atoms with Crippen LogP contribution in [0.2, 0.25) is 0 Å². The number of amidine groups is 1. The summed E-state index contributed by atoms with van der Waals surface area (Å²) in [6.07, 6.45) is 1.97. The molecule has 1 heterocycles. The van der Waals surface area contributed by atoms with Crippen molar-refractivity contribution in [1.82, 2.24) is 10.4 Å². The van der Waals surface area contributed by atoms with E-state index in [0.717, 1.165) is 11.3 Å². The highest BCUT2D eigenvalue weighted by molar-refractivity contribution is 6.03. The number of alkyl halides is 2. The summed E-state index contributed by atoms with van der Waals surface area (Å²) in [5, 5.41) is 6.36. The molecule has 0 atom stereocenters. The zero-order chi connectivity index (χ0) is 26.8. The maximum Gasteiger partial charge on any atom is 0.388 e. The number of hydrazone groups is 1. The lowest BCUT2D eigenvalue weighted by Gasteiger charge is -2.43. The van der Waals surface area contributed by atoms with E-state index in [2.05, 4.69) is 25.6 Å². The predicted octanol–water partition coefficient (Wildman–Crippen LogP) is 5.08. The van der Waals surface area contributed by atoms with Crippen molar-refractivity contribution in [2.75, 3.05) is 10.2 Å². The molecule has 1 aromatic heterocycles. The van der Waals surface area contributed by atoms with Gasteiger partial charge in [-0.2, -0.15) is 13.9 Å². The molecule has 9 nitrogen and oxygen atoms in total. The fraction of sp³-hybridized carbons (Fsp3) is 0.480. The summed E-state index contributed by atoms with van der Waals surface area (Å²) >= 11 is 0. The molecule has 0 radical (unpaired) electrons. The van der Waals surface area contributed by atoms with Crippen LogP contribution < -0.4 is 32.1 Å². The van der Waals surface area contributed by atoms with Crippen LogP contribution in [-0.4, -0.2) is 29.5 Å². The van der Waals surface area contributed by atoms with Crippen molar-refractivity contribution < 1.29 is 18.3 Å². The SMILES string of the molecule is CC.Cc1ccc(NC(=O)N(c2ccccc2C(C)C)C2CC(C/C(=N/N)NN)C2)c(OC(F)F)n1. The number of hydrogen-bond donors (Lipinski definition) is 4. The smallest absolute Gasteiger partial charge is 0.388 e. The maximum absolute atomic E-state index is 13.6. The first kappa shape index (κ1) is 28.8. The van der Waals surface area contributed by atoms with Crippen LogP contribution in [0.15, 0.2) is 41.5 Å². The number of carbonyl (C=O) groups is 1. The molecule has 0 spiro atoms. The van der Waals surface area contributed by atoms with Gasteiger partial charge in [0, 0.05) is 23.8 Å². The van der Waals surface area contributed by atoms with Gasteiger partial charge in [-0.15, -0.1) is 0 Å². The molecule has 1 aromatic carbocycles. The number of nitrogens with two attached hydrogens (primary N) is 2. The Hall–Kier alpha value is -3.47. The largest absolute Gasteiger partial charge is 0.415 e. The van der Waals surface area contributed by atoms with E-state index < -0.39 is 12.6 Å². The molecule has 6 N–H and O–H groups in total. The lowest BCUT2D eigenvalue weighted by molar-refractivity contribution is -0.0523. The van der Waals surface area contributed by atoms with Crippen molar-refractivity contribution in [2.45, 2.75) is 72.5 Å². The van der Waals surface area contributed by atoms with Gasteiger partial charge in [-0.25, -0.2) is 15.6 Å². The number of para-hydroxylation sites is 1. The van der Waals surface area contributed by atoms with Gasteiger partial charge in [-0.1, -0.05) is 45.9 Å². The van der Waals surface area contributed by atoms with Crippen LogP contribution in [0.25, 0.3) is 0 Å². The van der Waals surface area contributed by atoms with Gasteiger partial charge < -0.3 is 21.3 Å². The summed E-state index contributed by atoms with van der Waals surface area (Å²) in [7, 11) is 0. The van der Waals surface area contributed by atoms with Crippen molar-refractivity contribution in [3.63, 3.8) is 0 Å². The molecule has 0 saturated heterocycles. The first-order valence-corrected chi connectivity index (χ1v) is 12.1. The molecule has 0 bridgehead atoms. The summed E-state index contributed by atoms with van der Waals surface area (Å²) in [4.78, 5) is 19.2. The highest BCUT2D eigenvalue weighted by atomic mass is 19.3. The van der Waals surface area contributed by atoms with Crippen LogP contribution >= 0.6 is 0 Å². The van der Waals surface area contributed by atoms with E-state index in [0.29, 0.717) is 30.8 Å². The van der Waals surface area contributed by atoms with Crippen molar-refractivity contribution in [3.05, 3.63) is 47.7 Å². The Morgan fingerprint density at radius 3 is 2.47 bits per heavy atom. The van der Waals surface area contributed by atoms with Crippen LogP contribution in [0.1, 0.15) is 64.1 Å². The van der Waals surface area contributed by atoms with Gasteiger partial charge in [0.05, 0.1) is 0 Å². The minimum absolute atomic E-state index is 0.0729. The second-order valence-electron chi connectivity index (χ2n) is 8.61. The second kappa shape index (κ2) is 13.6. The molecule has 11 heteroatoms. The fourth-order valence-electron chi connectivity index (χ4n) is 4.15. The number of rotatable bonds is 8. The van der Waals surface area contributed by atoms with E-state index in [1.165, 1.54) is 6.07 Å². The number of amides is 2. The number of aryl methyl sites for hydroxylation is 1. The third-order valence-electron chi connectivity index (χ3n) is 5.86. The van der Waals surface area contributed by atoms with Gasteiger partial charge in [0.15, 0.2) is 0 Å². The average Bonchev–Trinajstić information content (AvgIpc) is 2.83. The molecule has 1 saturated carbocycles. The van der Waals surface area contributed by atoms with E-state index in [-0.39, 0.29) is 29.4 Å². The number of aromatic nitrogens is 1. The van der Waals surface area contributed by atoms with E-state index in [1.807, 2.05) is 52.0 Å². The minimum atomic E-state index is -3.07. The fourth-order valence-corrected chi connectivity index (χ4v) is 4.15. The Labute approximate surface area is 211 Å². The molecule has 1 aliphatic rings. The van der Waals surface area contributed by atoms with Crippen LogP contribution in [0.3, 0.4) is 0 Å². The Morgan fingerprint density at radius 1 is 1.22 bits per heavy atom. The third kappa shape index (κ3) is 7.27. The number of nitrogens with zero attached hydrogens (tertiary/aromatic N) is 3. The highest BCUT2D eigenvalue weighted by Gasteiger charge is 2.38. The van der Waals surface area contributed by atoms with Crippen molar-refractivity contribution in [1.29, 1.82) is 0 Å². The number of anilines is 2. The molecule has 1 fully saturated rings. The summed E-state index contributed by atoms with van der Waals surface area (Å²) in [6, 6.07) is 10.2. The van der Waals surface area contributed by atoms with Crippen molar-refractivity contribution in [3.8, 4) is 5.88 Å². The van der Waals surface area contributed by atoms with E-state index in [4.69, 9.17) is 11.7 Å². The molecule has 198 valence electrons. The zero-order valence-corrected chi connectivity index (χ0v) is 21.5. The average molecular weight is 506 g/mol. The molecular formula is C25H37F2N7O2. The lowest BCUT2D eigenvalue weighted by atomic mass is 9.76. The first-order chi connectivity index (χ1) is 17.2. The summed E-state index contributed by atoms with van der Waals surface area (Å²) in [5.74, 6) is 11.3. The number of carbonyl (C=O) groups excluding carboxylic acids is 1. The van der Waals surface area contributed by atoms with Crippen LogP contribution in [-0.2, 0) is 0 Å². The van der Waals surface area contributed by atoms with Gasteiger partial charge in [-0.05, 0) is 55.4 Å². The van der Waals surface area contributed by atoms with Gasteiger partial charge in [0.25, 0.3) is 0 Å². The number of nitrogens with one attached hydrogen (secondary N) is 2. The molecule has 1 aliphatic carbocycles. The molecule has 3 rings (SSSR count). The van der Waals surface area contributed by atoms with E-state index in [1.54, 1.807) is 17.9 Å². The summed E-state index contributed by atoms with van der Waals surface area (Å²) < 4.78 is 30.4. The quantitative estimate of drug-likeness (QED) is 0.171. The Morgan fingerprint density at radius 2 is 1.89 bits per heavy atom. The molecular weight excluding hydrogens is 468 g/mol. The standard InChI is InChI=1S/C23H31F2N7O2.C2H6/c1-13(2)17-6-4-5-7-19(17)32(16-10-15(11-16)12-20(30-26)31-27)23(33)29-18-9-8-14(3)28-21(18)34-22(24)25;1-2/h4-9,13,15-16,22H,10-12,26-27H2,1-3H3,(H,29,33)(H,30,31);1-2H3. The minimum Gasteiger partial charge on any atom is -0.415 e. The number of benzene rings is 1. The first-order valence-electron chi connectivity index (χ1n) is 12.1. The number of urea groups is 1. The van der Waals surface area contributed by atoms with Crippen molar-refractivity contribution >= 4 is 23.2 Å². The monoisotopic (exact) mass is 505 g/mol. The zero-order valence-electron chi connectivity index (χ0n) is 21.5. The molecule has 36 heavy (non-hydrogen) atoms. The van der Waals surface area contributed by atoms with Crippen molar-refractivity contribution in [2.24, 2.45) is 22.7 Å². The number of halogens is 2. The number of pyridine rings is 1. The predicted molar refractivity (Wildman–Crippen MR) is 139 cm³/mol. The maximum atomic E-state index is 13.6. The van der Waals surface area contributed by atoms with Gasteiger partial charge in [0.2, 0.25) is 5.88 Å². The summed E-state index contributed by atoms with van der Waals surface area (Å²) in [6.45, 7) is 6.69. The Balaban J connectivity index is 0.00000222. The molecule has 0 aliphatic heterocycles. The van der Waals surface area contributed by atoms with Gasteiger partial charge in [0.1, 0.15) is 11.5 Å². The normalized spacial score (nSPS) is 17.1. The number of hydrazine groups is 1. The topological polar surface area (TPSA) is 131 Å². The Kier molecular flexibility index (Phi) is 10.8. The van der Waals surface area contributed by atoms with Gasteiger partial charge >= 0.3 is 12.6 Å². The third-order valence-corrected chi connectivity index (χ3v) is 5.86. The van der Waals surface area contributed by atoms with Crippen LogP contribution in [0.4, 0.5) is 25.0 Å².